The van der Waals surface area contributed by atoms with E-state index in [1.165, 1.54) is 4.90 Å². The fourth-order valence-corrected chi connectivity index (χ4v) is 3.46. The summed E-state index contributed by atoms with van der Waals surface area (Å²) in [6, 6.07) is 5.41. The summed E-state index contributed by atoms with van der Waals surface area (Å²) in [4.78, 5) is 61.6. The van der Waals surface area contributed by atoms with Crippen LogP contribution in [0.5, 0.6) is 0 Å². The fourth-order valence-electron chi connectivity index (χ4n) is 3.46. The molecule has 3 atom stereocenters. The number of benzene rings is 1. The predicted octanol–water partition coefficient (Wildman–Crippen LogP) is -1.89. The molecule has 3 unspecified atom stereocenters. The van der Waals surface area contributed by atoms with E-state index in [2.05, 4.69) is 10.6 Å². The lowest BCUT2D eigenvalue weighted by Crippen LogP contribution is -2.56. The van der Waals surface area contributed by atoms with Crippen LogP contribution in [0.25, 0.3) is 0 Å². The van der Waals surface area contributed by atoms with Crippen molar-refractivity contribution < 1.29 is 29.1 Å². The smallest absolute Gasteiger partial charge is 0.326 e. The van der Waals surface area contributed by atoms with Gasteiger partial charge in [-0.2, -0.15) is 0 Å². The Hall–Kier alpha value is -3.47. The summed E-state index contributed by atoms with van der Waals surface area (Å²) >= 11 is 0. The molecular formula is C20H27N5O6. The summed E-state index contributed by atoms with van der Waals surface area (Å²) in [6.45, 7) is 0.161. The summed E-state index contributed by atoms with van der Waals surface area (Å²) in [7, 11) is 0. The number of primary amides is 1. The maximum Gasteiger partial charge on any atom is 0.326 e. The summed E-state index contributed by atoms with van der Waals surface area (Å²) in [5.74, 6) is -3.99. The zero-order chi connectivity index (χ0) is 23.0. The normalized spacial score (nSPS) is 17.5. The third-order valence-electron chi connectivity index (χ3n) is 4.99. The van der Waals surface area contributed by atoms with Gasteiger partial charge in [-0.15, -0.1) is 0 Å². The van der Waals surface area contributed by atoms with E-state index < -0.39 is 48.2 Å². The van der Waals surface area contributed by atoms with Gasteiger partial charge in [-0.1, -0.05) is 30.3 Å². The van der Waals surface area contributed by atoms with Gasteiger partial charge in [0.05, 0.1) is 13.0 Å². The van der Waals surface area contributed by atoms with E-state index in [1.807, 2.05) is 0 Å². The Morgan fingerprint density at radius 3 is 2.35 bits per heavy atom. The number of carboxylic acid groups (broad SMARTS) is 1. The average Bonchev–Trinajstić information content (AvgIpc) is 3.22. The second-order valence-corrected chi connectivity index (χ2v) is 7.27. The Morgan fingerprint density at radius 2 is 1.77 bits per heavy atom. The number of hydrogen-bond donors (Lipinski definition) is 5. The van der Waals surface area contributed by atoms with E-state index in [1.54, 1.807) is 30.3 Å². The van der Waals surface area contributed by atoms with E-state index in [0.29, 0.717) is 19.4 Å². The van der Waals surface area contributed by atoms with E-state index in [9.17, 15) is 29.1 Å². The van der Waals surface area contributed by atoms with Crippen molar-refractivity contribution in [2.75, 3.05) is 13.1 Å². The lowest BCUT2D eigenvalue weighted by atomic mass is 10.0. The molecule has 168 valence electrons. The van der Waals surface area contributed by atoms with E-state index in [4.69, 9.17) is 11.5 Å². The number of carbonyl (C=O) groups excluding carboxylic acids is 4. The van der Waals surface area contributed by atoms with Crippen LogP contribution in [-0.4, -0.2) is 70.8 Å². The van der Waals surface area contributed by atoms with Crippen molar-refractivity contribution >= 4 is 29.6 Å². The molecule has 4 amide bonds. The zero-order valence-electron chi connectivity index (χ0n) is 17.0. The predicted molar refractivity (Wildman–Crippen MR) is 109 cm³/mol. The molecule has 31 heavy (non-hydrogen) atoms. The fraction of sp³-hybridized carbons (Fsp3) is 0.450. The lowest BCUT2D eigenvalue weighted by Gasteiger charge is -2.26. The Morgan fingerprint density at radius 1 is 1.10 bits per heavy atom. The number of nitrogens with one attached hydrogen (secondary N) is 2. The maximum absolute atomic E-state index is 12.9. The van der Waals surface area contributed by atoms with E-state index in [0.717, 1.165) is 5.56 Å². The first kappa shape index (κ1) is 23.8. The van der Waals surface area contributed by atoms with Crippen molar-refractivity contribution in [1.82, 2.24) is 15.5 Å². The van der Waals surface area contributed by atoms with Crippen molar-refractivity contribution in [1.29, 1.82) is 0 Å². The molecule has 0 bridgehead atoms. The summed E-state index contributed by atoms with van der Waals surface area (Å²) in [5.41, 5.74) is 11.2. The Labute approximate surface area is 179 Å². The van der Waals surface area contributed by atoms with Crippen LogP contribution in [0.15, 0.2) is 30.3 Å². The Kier molecular flexibility index (Phi) is 8.50. The minimum absolute atomic E-state index is 0.0822. The first-order chi connectivity index (χ1) is 14.7. The quantitative estimate of drug-likeness (QED) is 0.285. The van der Waals surface area contributed by atoms with Crippen LogP contribution in [0.1, 0.15) is 24.8 Å². The molecule has 1 heterocycles. The first-order valence-corrected chi connectivity index (χ1v) is 9.88. The summed E-state index contributed by atoms with van der Waals surface area (Å²) < 4.78 is 0. The molecule has 0 spiro atoms. The molecule has 11 heteroatoms. The molecule has 0 saturated carbocycles. The van der Waals surface area contributed by atoms with Crippen LogP contribution in [0, 0.1) is 0 Å². The van der Waals surface area contributed by atoms with Crippen LogP contribution in [0.2, 0.25) is 0 Å². The molecule has 2 rings (SSSR count). The van der Waals surface area contributed by atoms with Crippen LogP contribution < -0.4 is 22.1 Å². The molecule has 0 aliphatic carbocycles. The van der Waals surface area contributed by atoms with Crippen LogP contribution in [-0.2, 0) is 30.4 Å². The van der Waals surface area contributed by atoms with Crippen LogP contribution >= 0.6 is 0 Å². The van der Waals surface area contributed by atoms with Gasteiger partial charge in [0.25, 0.3) is 0 Å². The monoisotopic (exact) mass is 433 g/mol. The van der Waals surface area contributed by atoms with Gasteiger partial charge in [0.2, 0.25) is 23.6 Å². The van der Waals surface area contributed by atoms with Crippen molar-refractivity contribution in [3.05, 3.63) is 35.9 Å². The third-order valence-corrected chi connectivity index (χ3v) is 4.99. The highest BCUT2D eigenvalue weighted by atomic mass is 16.4. The topological polar surface area (TPSA) is 185 Å². The number of nitrogens with two attached hydrogens (primary N) is 2. The molecule has 0 radical (unpaired) electrons. The minimum atomic E-state index is -1.53. The molecule has 7 N–H and O–H groups in total. The van der Waals surface area contributed by atoms with Gasteiger partial charge < -0.3 is 32.1 Å². The van der Waals surface area contributed by atoms with Crippen LogP contribution in [0.3, 0.4) is 0 Å². The molecule has 1 aliphatic heterocycles. The third kappa shape index (κ3) is 6.78. The highest BCUT2D eigenvalue weighted by Gasteiger charge is 2.36. The summed E-state index contributed by atoms with van der Waals surface area (Å²) in [6.07, 6.45) is 0.545. The summed E-state index contributed by atoms with van der Waals surface area (Å²) in [5, 5.41) is 14.1. The largest absolute Gasteiger partial charge is 0.480 e. The number of carbonyl (C=O) groups is 5. The number of hydrogen-bond acceptors (Lipinski definition) is 6. The second-order valence-electron chi connectivity index (χ2n) is 7.27. The van der Waals surface area contributed by atoms with Gasteiger partial charge in [0, 0.05) is 13.0 Å². The molecule has 1 aliphatic rings. The zero-order valence-corrected chi connectivity index (χ0v) is 17.0. The highest BCUT2D eigenvalue weighted by Crippen LogP contribution is 2.18. The first-order valence-electron chi connectivity index (χ1n) is 9.88. The number of likely N-dealkylation sites (tertiary alicyclic amines) is 1. The SMILES string of the molecule is NCC(=O)N1CCCC1C(=O)NC(Cc1ccccc1)C(=O)NC(CC(N)=O)C(=O)O. The van der Waals surface area contributed by atoms with Gasteiger partial charge in [0.15, 0.2) is 0 Å². The standard InChI is InChI=1S/C20H27N5O6/c21-11-17(27)25-8-4-7-15(25)19(29)23-13(9-12-5-2-1-3-6-12)18(28)24-14(20(30)31)10-16(22)26/h1-3,5-6,13-15H,4,7-11,21H2,(H2,22,26)(H,23,29)(H,24,28)(H,30,31). The molecule has 11 nitrogen and oxygen atoms in total. The van der Waals surface area contributed by atoms with Crippen molar-refractivity contribution in [3.8, 4) is 0 Å². The van der Waals surface area contributed by atoms with E-state index >= 15 is 0 Å². The Bertz CT molecular complexity index is 831. The average molecular weight is 433 g/mol. The van der Waals surface area contributed by atoms with Gasteiger partial charge in [-0.05, 0) is 18.4 Å². The number of aliphatic carboxylic acids is 1. The number of carboxylic acids is 1. The van der Waals surface area contributed by atoms with Crippen LogP contribution in [0.4, 0.5) is 0 Å². The Balaban J connectivity index is 2.18. The molecule has 0 aromatic heterocycles. The van der Waals surface area contributed by atoms with Gasteiger partial charge in [0.1, 0.15) is 18.1 Å². The minimum Gasteiger partial charge on any atom is -0.480 e. The van der Waals surface area contributed by atoms with Gasteiger partial charge in [-0.3, -0.25) is 19.2 Å². The lowest BCUT2D eigenvalue weighted by molar-refractivity contribution is -0.144. The molecule has 1 aromatic carbocycles. The molecular weight excluding hydrogens is 406 g/mol. The number of amides is 4. The molecule has 1 aromatic rings. The van der Waals surface area contributed by atoms with E-state index in [-0.39, 0.29) is 18.9 Å². The van der Waals surface area contributed by atoms with Crippen molar-refractivity contribution in [3.63, 3.8) is 0 Å². The maximum atomic E-state index is 12.9. The number of rotatable bonds is 10. The highest BCUT2D eigenvalue weighted by molar-refractivity contribution is 5.94. The van der Waals surface area contributed by atoms with Crippen molar-refractivity contribution in [2.45, 2.75) is 43.8 Å². The van der Waals surface area contributed by atoms with Gasteiger partial charge in [-0.25, -0.2) is 4.79 Å². The number of nitrogens with zero attached hydrogens (tertiary/aromatic N) is 1. The molecule has 1 fully saturated rings. The van der Waals surface area contributed by atoms with Crippen molar-refractivity contribution in [2.24, 2.45) is 11.5 Å². The van der Waals surface area contributed by atoms with Gasteiger partial charge >= 0.3 is 5.97 Å². The molecule has 1 saturated heterocycles. The second kappa shape index (κ2) is 11.1.